The van der Waals surface area contributed by atoms with Crippen molar-refractivity contribution in [1.82, 2.24) is 30.6 Å². The van der Waals surface area contributed by atoms with Crippen LogP contribution in [-0.4, -0.2) is 93.7 Å². The Morgan fingerprint density at radius 3 is 2.26 bits per heavy atom. The second-order valence-corrected chi connectivity index (χ2v) is 14.3. The second-order valence-electron chi connectivity index (χ2n) is 13.5. The Hall–Kier alpha value is -4.79. The first-order valence-corrected chi connectivity index (χ1v) is 18.8. The van der Waals surface area contributed by atoms with Crippen molar-refractivity contribution in [1.29, 1.82) is 0 Å². The number of piperidine rings is 2. The maximum atomic E-state index is 13.3. The molecule has 0 aliphatic carbocycles. The first kappa shape index (κ1) is 38.0. The van der Waals surface area contributed by atoms with Gasteiger partial charge in [0.25, 0.3) is 23.6 Å². The van der Waals surface area contributed by atoms with Crippen LogP contribution in [0.15, 0.2) is 42.6 Å². The number of fused-ring (bicyclic) bond motifs is 1. The number of hydrogen-bond acceptors (Lipinski definition) is 9. The molecule has 3 aliphatic heterocycles. The van der Waals surface area contributed by atoms with Gasteiger partial charge < -0.3 is 20.9 Å². The highest BCUT2D eigenvalue weighted by Gasteiger charge is 2.45. The molecular formula is C37H42Cl2N8O6. The van der Waals surface area contributed by atoms with E-state index in [1.807, 2.05) is 0 Å². The number of aromatic nitrogens is 2. The fourth-order valence-corrected chi connectivity index (χ4v) is 7.63. The van der Waals surface area contributed by atoms with Crippen LogP contribution in [0.4, 0.5) is 11.4 Å². The van der Waals surface area contributed by atoms with E-state index in [1.165, 1.54) is 6.20 Å². The Bertz CT molecular complexity index is 1870. The molecule has 2 saturated heterocycles. The Morgan fingerprint density at radius 2 is 1.53 bits per heavy atom. The Morgan fingerprint density at radius 1 is 0.830 bits per heavy atom. The summed E-state index contributed by atoms with van der Waals surface area (Å²) in [5.41, 5.74) is 1.65. The van der Waals surface area contributed by atoms with E-state index in [9.17, 15) is 28.8 Å². The van der Waals surface area contributed by atoms with Crippen LogP contribution in [0.1, 0.15) is 106 Å². The number of carbonyl (C=O) groups is 6. The maximum Gasteiger partial charge on any atom is 0.271 e. The minimum Gasteiger partial charge on any atom is -0.384 e. The van der Waals surface area contributed by atoms with Gasteiger partial charge in [-0.05, 0) is 62.9 Å². The molecule has 53 heavy (non-hydrogen) atoms. The van der Waals surface area contributed by atoms with Gasteiger partial charge in [-0.25, -0.2) is 0 Å². The van der Waals surface area contributed by atoms with Crippen LogP contribution in [-0.2, 0) is 9.59 Å². The predicted octanol–water partition coefficient (Wildman–Crippen LogP) is 5.02. The molecule has 1 atom stereocenters. The molecule has 16 heteroatoms. The summed E-state index contributed by atoms with van der Waals surface area (Å²) in [6, 6.07) is 8.89. The summed E-state index contributed by atoms with van der Waals surface area (Å²) in [6.07, 6.45) is 9.58. The van der Waals surface area contributed by atoms with Crippen LogP contribution in [0.25, 0.3) is 0 Å². The van der Waals surface area contributed by atoms with Gasteiger partial charge in [0.05, 0.1) is 38.6 Å². The van der Waals surface area contributed by atoms with Crippen molar-refractivity contribution in [3.63, 3.8) is 0 Å². The molecule has 0 spiro atoms. The quantitative estimate of drug-likeness (QED) is 0.105. The number of hydrogen-bond donors (Lipinski definition) is 5. The van der Waals surface area contributed by atoms with Gasteiger partial charge in [-0.2, -0.15) is 5.10 Å². The zero-order chi connectivity index (χ0) is 37.5. The molecule has 6 rings (SSSR count). The minimum atomic E-state index is -0.986. The summed E-state index contributed by atoms with van der Waals surface area (Å²) < 4.78 is 0. The van der Waals surface area contributed by atoms with Crippen LogP contribution in [0, 0.1) is 0 Å². The fraction of sp³-hybridized carbons (Fsp3) is 0.432. The zero-order valence-electron chi connectivity index (χ0n) is 29.1. The predicted molar refractivity (Wildman–Crippen MR) is 199 cm³/mol. The third kappa shape index (κ3) is 8.89. The lowest BCUT2D eigenvalue weighted by atomic mass is 10.0. The molecule has 3 aromatic rings. The number of benzene rings is 2. The number of H-pyrrole nitrogens is 1. The Labute approximate surface area is 316 Å². The normalized spacial score (nSPS) is 17.8. The van der Waals surface area contributed by atoms with Gasteiger partial charge in [-0.3, -0.25) is 44.1 Å². The molecular weight excluding hydrogens is 723 g/mol. The summed E-state index contributed by atoms with van der Waals surface area (Å²) >= 11 is 12.3. The van der Waals surface area contributed by atoms with Crippen molar-refractivity contribution < 1.29 is 28.8 Å². The lowest BCUT2D eigenvalue weighted by Gasteiger charge is -2.32. The summed E-state index contributed by atoms with van der Waals surface area (Å²) in [7, 11) is 0. The molecule has 0 saturated carbocycles. The van der Waals surface area contributed by atoms with Crippen molar-refractivity contribution in [3.8, 4) is 0 Å². The van der Waals surface area contributed by atoms with E-state index >= 15 is 0 Å². The van der Waals surface area contributed by atoms with Crippen molar-refractivity contribution in [2.75, 3.05) is 36.8 Å². The van der Waals surface area contributed by atoms with Crippen molar-refractivity contribution in [2.24, 2.45) is 0 Å². The van der Waals surface area contributed by atoms with Crippen molar-refractivity contribution in [2.45, 2.75) is 76.3 Å². The smallest absolute Gasteiger partial charge is 0.271 e. The van der Waals surface area contributed by atoms with Crippen LogP contribution in [0.5, 0.6) is 0 Å². The van der Waals surface area contributed by atoms with Crippen LogP contribution < -0.4 is 21.3 Å². The van der Waals surface area contributed by atoms with Crippen LogP contribution in [0.2, 0.25) is 10.0 Å². The van der Waals surface area contributed by atoms with E-state index in [2.05, 4.69) is 36.4 Å². The van der Waals surface area contributed by atoms with Gasteiger partial charge in [0.2, 0.25) is 11.8 Å². The molecule has 5 N–H and O–H groups in total. The topological polar surface area (TPSA) is 186 Å². The van der Waals surface area contributed by atoms with Gasteiger partial charge >= 0.3 is 0 Å². The number of anilines is 2. The summed E-state index contributed by atoms with van der Waals surface area (Å²) in [4.78, 5) is 79.5. The lowest BCUT2D eigenvalue weighted by Crippen LogP contribution is -2.54. The molecule has 2 fully saturated rings. The number of aromatic amines is 1. The Balaban J connectivity index is 0.841. The summed E-state index contributed by atoms with van der Waals surface area (Å²) in [6.45, 7) is 3.42. The third-order valence-corrected chi connectivity index (χ3v) is 10.5. The number of rotatable bonds is 15. The van der Waals surface area contributed by atoms with E-state index in [4.69, 9.17) is 23.2 Å². The lowest BCUT2D eigenvalue weighted by molar-refractivity contribution is -0.136. The molecule has 0 bridgehead atoms. The van der Waals surface area contributed by atoms with E-state index in [-0.39, 0.29) is 62.9 Å². The third-order valence-electron chi connectivity index (χ3n) is 9.91. The zero-order valence-corrected chi connectivity index (χ0v) is 30.7. The highest BCUT2D eigenvalue weighted by Crippen LogP contribution is 2.32. The van der Waals surface area contributed by atoms with Crippen LogP contribution >= 0.6 is 23.2 Å². The molecule has 2 aromatic carbocycles. The van der Waals surface area contributed by atoms with Gasteiger partial charge in [0.15, 0.2) is 0 Å². The number of unbranched alkanes of at least 4 members (excludes halogenated alkanes) is 5. The molecule has 3 aliphatic rings. The number of imide groups is 2. The molecule has 14 nitrogen and oxygen atoms in total. The number of likely N-dealkylation sites (tertiary alicyclic amines) is 1. The minimum absolute atomic E-state index is 0.0112. The molecule has 280 valence electrons. The number of carbonyl (C=O) groups excluding carboxylic acids is 6. The first-order chi connectivity index (χ1) is 25.6. The molecule has 6 amide bonds. The van der Waals surface area contributed by atoms with E-state index in [0.717, 1.165) is 75.9 Å². The number of nitrogens with zero attached hydrogens (tertiary/aromatic N) is 3. The summed E-state index contributed by atoms with van der Waals surface area (Å²) in [5.74, 6) is -2.92. The second kappa shape index (κ2) is 17.4. The fourth-order valence-electron chi connectivity index (χ4n) is 7.06. The van der Waals surface area contributed by atoms with Crippen LogP contribution in [0.3, 0.4) is 0 Å². The van der Waals surface area contributed by atoms with Crippen molar-refractivity contribution >= 4 is 70.0 Å². The number of nitrogens with one attached hydrogen (secondary N) is 5. The van der Waals surface area contributed by atoms with Gasteiger partial charge in [0.1, 0.15) is 11.7 Å². The molecule has 1 aromatic heterocycles. The number of halogens is 2. The molecule has 4 heterocycles. The monoisotopic (exact) mass is 764 g/mol. The average Bonchev–Trinajstić information content (AvgIpc) is 3.70. The highest BCUT2D eigenvalue weighted by atomic mass is 35.5. The van der Waals surface area contributed by atoms with E-state index in [0.29, 0.717) is 12.2 Å². The highest BCUT2D eigenvalue weighted by molar-refractivity contribution is 6.40. The molecule has 1 unspecified atom stereocenters. The van der Waals surface area contributed by atoms with Gasteiger partial charge in [-0.1, -0.05) is 61.0 Å². The number of amides is 6. The van der Waals surface area contributed by atoms with Gasteiger partial charge in [-0.15, -0.1) is 0 Å². The molecule has 0 radical (unpaired) electrons. The largest absolute Gasteiger partial charge is 0.384 e. The summed E-state index contributed by atoms with van der Waals surface area (Å²) in [5, 5.41) is 18.3. The Kier molecular flexibility index (Phi) is 12.4. The standard InChI is InChI=1S/C37H42Cl2N8O6/c38-24-10-8-11-25(39)31(24)34(50)43-27-21-41-45-32(27)35(51)42-22-15-19-46(20-16-22)18-6-4-2-1-3-5-17-40-26-12-7-9-23-30(26)37(53)47(36(23)52)28-13-14-29(48)44-33(28)49/h7-12,21-22,28,40H,1-6,13-20H2,(H,41,45)(H,42,51)(H,43,50)(H,44,48,49). The first-order valence-electron chi connectivity index (χ1n) is 18.0. The van der Waals surface area contributed by atoms with E-state index < -0.39 is 35.6 Å². The maximum absolute atomic E-state index is 13.3. The van der Waals surface area contributed by atoms with Gasteiger partial charge in [0, 0.05) is 37.8 Å². The van der Waals surface area contributed by atoms with E-state index in [1.54, 1.807) is 36.4 Å². The SMILES string of the molecule is O=C1CCC(N2C(=O)c3cccc(NCCCCCCCCN4CCC(NC(=O)c5[nH]ncc5NC(=O)c5c(Cl)cccc5Cl)CC4)c3C2=O)C(=O)N1. The average molecular weight is 766 g/mol. The van der Waals surface area contributed by atoms with Crippen molar-refractivity contribution in [3.05, 3.63) is 75.0 Å².